The number of carbonyl (C=O) groups excluding carboxylic acids is 1. The summed E-state index contributed by atoms with van der Waals surface area (Å²) in [4.78, 5) is 16.7. The highest BCUT2D eigenvalue weighted by Gasteiger charge is 2.23. The Morgan fingerprint density at radius 3 is 2.19 bits per heavy atom. The first kappa shape index (κ1) is 16.4. The van der Waals surface area contributed by atoms with Gasteiger partial charge in [0, 0.05) is 38.3 Å². The van der Waals surface area contributed by atoms with Gasteiger partial charge in [-0.05, 0) is 18.1 Å². The van der Waals surface area contributed by atoms with Gasteiger partial charge in [-0.15, -0.1) is 0 Å². The van der Waals surface area contributed by atoms with Crippen LogP contribution < -0.4 is 5.73 Å². The normalized spacial score (nSPS) is 16.5. The third kappa shape index (κ3) is 4.02. The maximum Gasteiger partial charge on any atom is 0.254 e. The van der Waals surface area contributed by atoms with Crippen LogP contribution in [0.1, 0.15) is 24.2 Å². The van der Waals surface area contributed by atoms with E-state index in [0.717, 1.165) is 32.7 Å². The van der Waals surface area contributed by atoms with Crippen molar-refractivity contribution in [2.75, 3.05) is 38.5 Å². The van der Waals surface area contributed by atoms with E-state index in [9.17, 15) is 4.79 Å². The summed E-state index contributed by atoms with van der Waals surface area (Å²) in [5.41, 5.74) is 6.51. The summed E-state index contributed by atoms with van der Waals surface area (Å²) in [5.74, 6) is 0.602. The van der Waals surface area contributed by atoms with Gasteiger partial charge in [0.15, 0.2) is 0 Å². The van der Waals surface area contributed by atoms with Crippen LogP contribution in [0.5, 0.6) is 0 Å². The Morgan fingerprint density at radius 1 is 1.19 bits per heavy atom. The number of nitrogens with two attached hydrogens (primary N) is 1. The molecular weight excluding hydrogens is 309 g/mol. The van der Waals surface area contributed by atoms with Gasteiger partial charge in [-0.2, -0.15) is 0 Å². The Morgan fingerprint density at radius 2 is 1.71 bits per heavy atom. The highest BCUT2D eigenvalue weighted by Crippen LogP contribution is 2.29. The second kappa shape index (κ2) is 6.86. The molecule has 1 saturated heterocycles. The van der Waals surface area contributed by atoms with E-state index in [2.05, 4.69) is 18.7 Å². The molecule has 6 heteroatoms. The van der Waals surface area contributed by atoms with Gasteiger partial charge in [-0.25, -0.2) is 0 Å². The lowest BCUT2D eigenvalue weighted by Crippen LogP contribution is -2.49. The molecule has 0 aromatic heterocycles. The quantitative estimate of drug-likeness (QED) is 0.867. The van der Waals surface area contributed by atoms with Crippen LogP contribution in [-0.4, -0.2) is 48.4 Å². The van der Waals surface area contributed by atoms with Gasteiger partial charge in [0.2, 0.25) is 0 Å². The molecule has 1 aliphatic heterocycles. The standard InChI is InChI=1S/C15H21Cl2N3O/c1-10(2)9-19-3-5-20(6-4-19)15(21)11-7-12(16)14(18)13(17)8-11/h7-8,10H,3-6,9,18H2,1-2H3. The molecule has 0 bridgehead atoms. The number of rotatable bonds is 3. The number of anilines is 1. The van der Waals surface area contributed by atoms with E-state index < -0.39 is 0 Å². The summed E-state index contributed by atoms with van der Waals surface area (Å²) in [6.45, 7) is 8.74. The number of amides is 1. The monoisotopic (exact) mass is 329 g/mol. The van der Waals surface area contributed by atoms with Crippen LogP contribution in [0.4, 0.5) is 5.69 Å². The van der Waals surface area contributed by atoms with E-state index in [0.29, 0.717) is 27.2 Å². The number of carbonyl (C=O) groups is 1. The average Bonchev–Trinajstić information content (AvgIpc) is 2.43. The summed E-state index contributed by atoms with van der Waals surface area (Å²) in [5, 5.41) is 0.647. The average molecular weight is 330 g/mol. The van der Waals surface area contributed by atoms with Crippen molar-refractivity contribution in [1.82, 2.24) is 9.80 Å². The van der Waals surface area contributed by atoms with Crippen molar-refractivity contribution in [3.63, 3.8) is 0 Å². The molecule has 1 amide bonds. The van der Waals surface area contributed by atoms with Crippen LogP contribution in [0.25, 0.3) is 0 Å². The number of hydrogen-bond acceptors (Lipinski definition) is 3. The smallest absolute Gasteiger partial charge is 0.254 e. The van der Waals surface area contributed by atoms with Gasteiger partial charge < -0.3 is 10.6 Å². The fraction of sp³-hybridized carbons (Fsp3) is 0.533. The van der Waals surface area contributed by atoms with Gasteiger partial charge in [-0.1, -0.05) is 37.0 Å². The van der Waals surface area contributed by atoms with Crippen molar-refractivity contribution in [2.24, 2.45) is 5.92 Å². The van der Waals surface area contributed by atoms with Gasteiger partial charge >= 0.3 is 0 Å². The fourth-order valence-electron chi connectivity index (χ4n) is 2.54. The molecule has 0 saturated carbocycles. The molecule has 2 N–H and O–H groups in total. The molecule has 116 valence electrons. The van der Waals surface area contributed by atoms with Crippen molar-refractivity contribution in [3.8, 4) is 0 Å². The van der Waals surface area contributed by atoms with Crippen LogP contribution in [0.3, 0.4) is 0 Å². The third-order valence-corrected chi connectivity index (χ3v) is 4.23. The molecule has 1 aromatic rings. The second-order valence-electron chi connectivity index (χ2n) is 5.84. The van der Waals surface area contributed by atoms with Gasteiger partial charge in [0.1, 0.15) is 0 Å². The lowest BCUT2D eigenvalue weighted by atomic mass is 10.1. The molecule has 0 aliphatic carbocycles. The first-order valence-electron chi connectivity index (χ1n) is 7.14. The van der Waals surface area contributed by atoms with Crippen LogP contribution in [0.2, 0.25) is 10.0 Å². The third-order valence-electron chi connectivity index (χ3n) is 3.61. The molecule has 0 atom stereocenters. The summed E-state index contributed by atoms with van der Waals surface area (Å²) in [7, 11) is 0. The highest BCUT2D eigenvalue weighted by molar-refractivity contribution is 6.39. The number of nitrogens with zero attached hydrogens (tertiary/aromatic N) is 2. The zero-order chi connectivity index (χ0) is 15.6. The molecule has 0 spiro atoms. The number of benzene rings is 1. The number of hydrogen-bond donors (Lipinski definition) is 1. The summed E-state index contributed by atoms with van der Waals surface area (Å²) in [6.07, 6.45) is 0. The number of piperazine rings is 1. The van der Waals surface area contributed by atoms with Crippen molar-refractivity contribution >= 4 is 34.8 Å². The number of halogens is 2. The minimum atomic E-state index is -0.0389. The van der Waals surface area contributed by atoms with Gasteiger partial charge in [0.25, 0.3) is 5.91 Å². The molecule has 1 aliphatic rings. The van der Waals surface area contributed by atoms with Gasteiger partial charge in [-0.3, -0.25) is 9.69 Å². The first-order valence-corrected chi connectivity index (χ1v) is 7.90. The Balaban J connectivity index is 2.02. The van der Waals surface area contributed by atoms with E-state index in [1.807, 2.05) is 4.90 Å². The fourth-order valence-corrected chi connectivity index (χ4v) is 3.03. The summed E-state index contributed by atoms with van der Waals surface area (Å²) in [6, 6.07) is 3.18. The van der Waals surface area contributed by atoms with E-state index in [-0.39, 0.29) is 5.91 Å². The molecular formula is C15H21Cl2N3O. The Labute approximate surface area is 135 Å². The molecule has 21 heavy (non-hydrogen) atoms. The van der Waals surface area contributed by atoms with Crippen molar-refractivity contribution < 1.29 is 4.79 Å². The van der Waals surface area contributed by atoms with Crippen molar-refractivity contribution in [1.29, 1.82) is 0 Å². The molecule has 1 aromatic carbocycles. The lowest BCUT2D eigenvalue weighted by molar-refractivity contribution is 0.0624. The van der Waals surface area contributed by atoms with E-state index in [4.69, 9.17) is 28.9 Å². The molecule has 0 radical (unpaired) electrons. The maximum atomic E-state index is 12.5. The maximum absolute atomic E-state index is 12.5. The molecule has 1 fully saturated rings. The minimum Gasteiger partial charge on any atom is -0.396 e. The summed E-state index contributed by atoms with van der Waals surface area (Å²) < 4.78 is 0. The molecule has 2 rings (SSSR count). The first-order chi connectivity index (χ1) is 9.88. The van der Waals surface area contributed by atoms with E-state index >= 15 is 0 Å². The molecule has 4 nitrogen and oxygen atoms in total. The predicted octanol–water partition coefficient (Wildman–Crippen LogP) is 2.99. The zero-order valence-corrected chi connectivity index (χ0v) is 13.9. The van der Waals surface area contributed by atoms with E-state index in [1.165, 1.54) is 0 Å². The minimum absolute atomic E-state index is 0.0389. The second-order valence-corrected chi connectivity index (χ2v) is 6.65. The van der Waals surface area contributed by atoms with E-state index in [1.54, 1.807) is 12.1 Å². The Kier molecular flexibility index (Phi) is 5.36. The lowest BCUT2D eigenvalue weighted by Gasteiger charge is -2.35. The van der Waals surface area contributed by atoms with Gasteiger partial charge in [0.05, 0.1) is 15.7 Å². The van der Waals surface area contributed by atoms with Crippen LogP contribution in [0.15, 0.2) is 12.1 Å². The molecule has 0 unspecified atom stereocenters. The Bertz CT molecular complexity index is 503. The van der Waals surface area contributed by atoms with Crippen LogP contribution >= 0.6 is 23.2 Å². The molecule has 1 heterocycles. The highest BCUT2D eigenvalue weighted by atomic mass is 35.5. The topological polar surface area (TPSA) is 49.6 Å². The van der Waals surface area contributed by atoms with Crippen LogP contribution in [0, 0.1) is 5.92 Å². The largest absolute Gasteiger partial charge is 0.396 e. The predicted molar refractivity (Wildman–Crippen MR) is 88.1 cm³/mol. The van der Waals surface area contributed by atoms with Crippen molar-refractivity contribution in [3.05, 3.63) is 27.7 Å². The summed E-state index contributed by atoms with van der Waals surface area (Å²) >= 11 is 12.0. The Hall–Kier alpha value is -0.970. The SMILES string of the molecule is CC(C)CN1CCN(C(=O)c2cc(Cl)c(N)c(Cl)c2)CC1. The van der Waals surface area contributed by atoms with Crippen molar-refractivity contribution in [2.45, 2.75) is 13.8 Å². The number of nitrogen functional groups attached to an aromatic ring is 1. The zero-order valence-electron chi connectivity index (χ0n) is 12.4. The van der Waals surface area contributed by atoms with Crippen LogP contribution in [-0.2, 0) is 0 Å².